The lowest BCUT2D eigenvalue weighted by Gasteiger charge is -2.33. The fourth-order valence-corrected chi connectivity index (χ4v) is 4.09. The molecule has 1 aliphatic carbocycles. The van der Waals surface area contributed by atoms with Crippen molar-refractivity contribution in [3.05, 3.63) is 59.7 Å². The van der Waals surface area contributed by atoms with Crippen molar-refractivity contribution in [2.75, 3.05) is 20.3 Å². The Morgan fingerprint density at radius 2 is 1.73 bits per heavy atom. The quantitative estimate of drug-likeness (QED) is 0.653. The maximum atomic E-state index is 12.5. The van der Waals surface area contributed by atoms with E-state index < -0.39 is 23.5 Å². The number of nitrogens with one attached hydrogen (secondary N) is 1. The average molecular weight is 407 g/mol. The Balaban J connectivity index is 1.74. The van der Waals surface area contributed by atoms with Crippen LogP contribution in [-0.4, -0.2) is 43.5 Å². The third-order valence-corrected chi connectivity index (χ3v) is 5.53. The summed E-state index contributed by atoms with van der Waals surface area (Å²) in [6.45, 7) is 1.85. The first kappa shape index (κ1) is 21.4. The number of amides is 1. The predicted molar refractivity (Wildman–Crippen MR) is 113 cm³/mol. The minimum atomic E-state index is -1.25. The van der Waals surface area contributed by atoms with E-state index in [9.17, 15) is 14.7 Å². The van der Waals surface area contributed by atoms with Gasteiger partial charge in [0.1, 0.15) is 12.6 Å². The Kier molecular flexibility index (Phi) is 6.43. The number of carboxylic acid groups (broad SMARTS) is 1. The first-order valence-corrected chi connectivity index (χ1v) is 9.68. The molecule has 3 rings (SSSR count). The molecule has 30 heavy (non-hydrogen) atoms. The number of hydrogen-bond acceptors (Lipinski definition) is 4. The van der Waals surface area contributed by atoms with E-state index in [0.29, 0.717) is 0 Å². The molecule has 0 aromatic heterocycles. The van der Waals surface area contributed by atoms with Crippen LogP contribution in [0.15, 0.2) is 48.5 Å². The van der Waals surface area contributed by atoms with E-state index >= 15 is 0 Å². The number of terminal acetylenes is 1. The van der Waals surface area contributed by atoms with Crippen LogP contribution in [0.5, 0.6) is 0 Å². The number of ether oxygens (including phenoxy) is 2. The second kappa shape index (κ2) is 9.02. The molecule has 6 heteroatoms. The maximum absolute atomic E-state index is 12.5. The largest absolute Gasteiger partial charge is 0.480 e. The summed E-state index contributed by atoms with van der Waals surface area (Å²) >= 11 is 0. The molecule has 0 spiro atoms. The van der Waals surface area contributed by atoms with E-state index in [-0.39, 0.29) is 25.6 Å². The van der Waals surface area contributed by atoms with E-state index in [1.54, 1.807) is 6.92 Å². The van der Waals surface area contributed by atoms with E-state index in [1.807, 2.05) is 48.5 Å². The molecule has 2 N–H and O–H groups in total. The zero-order chi connectivity index (χ0) is 21.7. The predicted octanol–water partition coefficient (Wildman–Crippen LogP) is 3.65. The number of hydrogen-bond donors (Lipinski definition) is 2. The molecular weight excluding hydrogens is 382 g/mol. The highest BCUT2D eigenvalue weighted by Gasteiger charge is 2.41. The third-order valence-electron chi connectivity index (χ3n) is 5.53. The molecule has 0 radical (unpaired) electrons. The Morgan fingerprint density at radius 3 is 2.23 bits per heavy atom. The van der Waals surface area contributed by atoms with E-state index in [1.165, 1.54) is 7.11 Å². The number of fused-ring (bicyclic) bond motifs is 3. The van der Waals surface area contributed by atoms with Gasteiger partial charge in [-0.15, -0.1) is 12.3 Å². The van der Waals surface area contributed by atoms with E-state index in [2.05, 4.69) is 11.2 Å². The molecule has 0 fully saturated rings. The fraction of sp³-hybridized carbons (Fsp3) is 0.333. The number of rotatable bonds is 8. The smallest absolute Gasteiger partial charge is 0.407 e. The monoisotopic (exact) mass is 407 g/mol. The van der Waals surface area contributed by atoms with Crippen LogP contribution in [0.4, 0.5) is 4.79 Å². The normalized spacial score (nSPS) is 15.2. The zero-order valence-corrected chi connectivity index (χ0v) is 17.1. The number of carboxylic acids is 1. The van der Waals surface area contributed by atoms with Crippen molar-refractivity contribution >= 4 is 12.1 Å². The van der Waals surface area contributed by atoms with Crippen LogP contribution in [0.1, 0.15) is 30.4 Å². The lowest BCUT2D eigenvalue weighted by atomic mass is 9.80. The zero-order valence-electron chi connectivity index (χ0n) is 17.1. The summed E-state index contributed by atoms with van der Waals surface area (Å²) in [6, 6.07) is 14.7. The minimum absolute atomic E-state index is 0.0812. The molecular formula is C24H25NO5. The summed E-state index contributed by atoms with van der Waals surface area (Å²) in [5, 5.41) is 12.1. The lowest BCUT2D eigenvalue weighted by Crippen LogP contribution is -2.53. The average Bonchev–Trinajstić information content (AvgIpc) is 3.04. The summed E-state index contributed by atoms with van der Waals surface area (Å²) in [5.41, 5.74) is 3.43. The van der Waals surface area contributed by atoms with Gasteiger partial charge in [-0.05, 0) is 22.3 Å². The Labute approximate surface area is 176 Å². The second-order valence-corrected chi connectivity index (χ2v) is 7.71. The maximum Gasteiger partial charge on any atom is 0.407 e. The molecule has 0 saturated heterocycles. The highest BCUT2D eigenvalue weighted by molar-refractivity contribution is 5.81. The van der Waals surface area contributed by atoms with Crippen LogP contribution >= 0.6 is 0 Å². The Bertz CT molecular complexity index is 934. The number of carbonyl (C=O) groups excluding carboxylic acids is 1. The number of alkyl carbamates (subject to hydrolysis) is 1. The summed E-state index contributed by atoms with van der Waals surface area (Å²) in [6.07, 6.45) is 4.73. The summed E-state index contributed by atoms with van der Waals surface area (Å²) in [7, 11) is 1.46. The fourth-order valence-electron chi connectivity index (χ4n) is 4.09. The number of methoxy groups -OCH3 is 1. The topological polar surface area (TPSA) is 84.9 Å². The molecule has 1 aliphatic rings. The standard InChI is InChI=1S/C24H25NO5/c1-4-13-24(2,15-29-3)21(22(26)27)25-23(28)30-14-20-18-11-7-5-9-16(18)17-10-6-8-12-19(17)20/h1,5-12,20-21H,13-15H2,2-3H3,(H,25,28)(H,26,27)/t21-,24+/m1/s1. The van der Waals surface area contributed by atoms with Gasteiger partial charge in [0.25, 0.3) is 0 Å². The molecule has 2 aromatic carbocycles. The highest BCUT2D eigenvalue weighted by Crippen LogP contribution is 2.44. The van der Waals surface area contributed by atoms with Gasteiger partial charge in [0, 0.05) is 24.9 Å². The third kappa shape index (κ3) is 4.17. The van der Waals surface area contributed by atoms with Crippen molar-refractivity contribution in [2.45, 2.75) is 25.3 Å². The molecule has 0 saturated carbocycles. The van der Waals surface area contributed by atoms with Crippen LogP contribution < -0.4 is 5.32 Å². The van der Waals surface area contributed by atoms with Crippen molar-refractivity contribution in [3.8, 4) is 23.5 Å². The van der Waals surface area contributed by atoms with Crippen molar-refractivity contribution in [2.24, 2.45) is 5.41 Å². The van der Waals surface area contributed by atoms with Crippen molar-refractivity contribution in [1.82, 2.24) is 5.32 Å². The molecule has 0 heterocycles. The van der Waals surface area contributed by atoms with Crippen LogP contribution in [0, 0.1) is 17.8 Å². The van der Waals surface area contributed by atoms with Crippen LogP contribution in [-0.2, 0) is 14.3 Å². The molecule has 6 nitrogen and oxygen atoms in total. The molecule has 0 bridgehead atoms. The van der Waals surface area contributed by atoms with Gasteiger partial charge in [-0.1, -0.05) is 55.5 Å². The van der Waals surface area contributed by atoms with Gasteiger partial charge >= 0.3 is 12.1 Å². The van der Waals surface area contributed by atoms with Crippen LogP contribution in [0.25, 0.3) is 11.1 Å². The lowest BCUT2D eigenvalue weighted by molar-refractivity contribution is -0.144. The van der Waals surface area contributed by atoms with Gasteiger partial charge in [0.15, 0.2) is 0 Å². The molecule has 0 aliphatic heterocycles. The Hall–Kier alpha value is -3.30. The van der Waals surface area contributed by atoms with Crippen LogP contribution in [0.3, 0.4) is 0 Å². The number of carbonyl (C=O) groups is 2. The first-order chi connectivity index (χ1) is 14.4. The molecule has 2 aromatic rings. The van der Waals surface area contributed by atoms with Gasteiger partial charge in [0.05, 0.1) is 6.61 Å². The van der Waals surface area contributed by atoms with Gasteiger partial charge in [-0.3, -0.25) is 0 Å². The van der Waals surface area contributed by atoms with Crippen molar-refractivity contribution < 1.29 is 24.2 Å². The first-order valence-electron chi connectivity index (χ1n) is 9.68. The van der Waals surface area contributed by atoms with Gasteiger partial charge in [-0.2, -0.15) is 0 Å². The van der Waals surface area contributed by atoms with Crippen molar-refractivity contribution in [3.63, 3.8) is 0 Å². The molecule has 0 unspecified atom stereocenters. The second-order valence-electron chi connectivity index (χ2n) is 7.71. The number of benzene rings is 2. The summed E-state index contributed by atoms with van der Waals surface area (Å²) in [5.74, 6) is 1.16. The summed E-state index contributed by atoms with van der Waals surface area (Å²) < 4.78 is 10.6. The molecule has 2 atom stereocenters. The highest BCUT2D eigenvalue weighted by atomic mass is 16.5. The Morgan fingerprint density at radius 1 is 1.17 bits per heavy atom. The van der Waals surface area contributed by atoms with E-state index in [4.69, 9.17) is 15.9 Å². The summed E-state index contributed by atoms with van der Waals surface area (Å²) in [4.78, 5) is 24.3. The van der Waals surface area contributed by atoms with Gasteiger partial charge < -0.3 is 19.9 Å². The van der Waals surface area contributed by atoms with Gasteiger partial charge in [0.2, 0.25) is 0 Å². The molecule has 156 valence electrons. The van der Waals surface area contributed by atoms with E-state index in [0.717, 1.165) is 22.3 Å². The SMILES string of the molecule is C#CC[C@@](C)(COC)[C@H](NC(=O)OCC1c2ccccc2-c2ccccc21)C(=O)O. The number of aliphatic carboxylic acids is 1. The minimum Gasteiger partial charge on any atom is -0.480 e. The van der Waals surface area contributed by atoms with Gasteiger partial charge in [-0.25, -0.2) is 9.59 Å². The molecule has 1 amide bonds. The van der Waals surface area contributed by atoms with Crippen LogP contribution in [0.2, 0.25) is 0 Å². The van der Waals surface area contributed by atoms with Crippen molar-refractivity contribution in [1.29, 1.82) is 0 Å².